The van der Waals surface area contributed by atoms with Crippen LogP contribution in [0.5, 0.6) is 0 Å². The zero-order chi connectivity index (χ0) is 32.3. The van der Waals surface area contributed by atoms with Gasteiger partial charge in [-0.05, 0) is 69.7 Å². The summed E-state index contributed by atoms with van der Waals surface area (Å²) in [4.78, 5) is 50.8. The Bertz CT molecular complexity index is 1830. The van der Waals surface area contributed by atoms with E-state index in [0.717, 1.165) is 16.9 Å². The highest BCUT2D eigenvalue weighted by atomic mass is 16.6. The van der Waals surface area contributed by atoms with Crippen LogP contribution in [0.25, 0.3) is 5.57 Å². The fourth-order valence-corrected chi connectivity index (χ4v) is 4.76. The van der Waals surface area contributed by atoms with E-state index < -0.39 is 11.7 Å². The highest BCUT2D eigenvalue weighted by Gasteiger charge is 2.25. The number of carbonyl (C=O) groups is 4. The van der Waals surface area contributed by atoms with Crippen molar-refractivity contribution in [3.8, 4) is 0 Å². The molecule has 0 atom stereocenters. The van der Waals surface area contributed by atoms with E-state index in [-0.39, 0.29) is 17.6 Å². The second-order valence-corrected chi connectivity index (χ2v) is 11.6. The van der Waals surface area contributed by atoms with Gasteiger partial charge < -0.3 is 26.0 Å². The van der Waals surface area contributed by atoms with Crippen molar-refractivity contribution in [2.45, 2.75) is 39.8 Å². The van der Waals surface area contributed by atoms with Crippen molar-refractivity contribution in [3.05, 3.63) is 113 Å². The molecule has 0 bridgehead atoms. The molecular weight excluding hydrogens is 572 g/mol. The number of ether oxygens (including phenoxy) is 1. The molecule has 0 fully saturated rings. The molecule has 45 heavy (non-hydrogen) atoms. The van der Waals surface area contributed by atoms with E-state index >= 15 is 0 Å². The summed E-state index contributed by atoms with van der Waals surface area (Å²) in [6.45, 7) is 7.54. The smallest absolute Gasteiger partial charge is 0.407 e. The van der Waals surface area contributed by atoms with Crippen LogP contribution in [0.4, 0.5) is 21.9 Å². The number of alkyl carbamates (subject to hydrolysis) is 1. The topological polar surface area (TPSA) is 143 Å². The molecule has 3 aromatic carbocycles. The zero-order valence-electron chi connectivity index (χ0n) is 25.6. The summed E-state index contributed by atoms with van der Waals surface area (Å²) in [5.74, 6) is -0.881. The van der Waals surface area contributed by atoms with Gasteiger partial charge in [-0.1, -0.05) is 36.4 Å². The molecule has 0 radical (unpaired) electrons. The van der Waals surface area contributed by atoms with E-state index in [2.05, 4.69) is 26.4 Å². The highest BCUT2D eigenvalue weighted by Crippen LogP contribution is 2.33. The van der Waals surface area contributed by atoms with Crippen LogP contribution in [-0.2, 0) is 23.1 Å². The molecule has 1 aliphatic heterocycles. The molecule has 3 amide bonds. The minimum Gasteiger partial charge on any atom is -0.444 e. The van der Waals surface area contributed by atoms with Gasteiger partial charge in [0.05, 0.1) is 11.3 Å². The van der Waals surface area contributed by atoms with E-state index in [1.165, 1.54) is 4.68 Å². The zero-order valence-corrected chi connectivity index (χ0v) is 25.6. The molecule has 0 aliphatic carbocycles. The molecule has 1 aromatic heterocycles. The van der Waals surface area contributed by atoms with Crippen molar-refractivity contribution < 1.29 is 23.9 Å². The number of benzene rings is 3. The lowest BCUT2D eigenvalue weighted by Gasteiger charge is -2.19. The lowest BCUT2D eigenvalue weighted by atomic mass is 9.99. The first-order chi connectivity index (χ1) is 21.4. The number of ketones is 1. The van der Waals surface area contributed by atoms with Gasteiger partial charge in [0, 0.05) is 53.5 Å². The number of rotatable bonds is 8. The van der Waals surface area contributed by atoms with Crippen LogP contribution in [0.15, 0.2) is 79.0 Å². The van der Waals surface area contributed by atoms with Crippen molar-refractivity contribution in [1.29, 1.82) is 0 Å². The minimum absolute atomic E-state index is 0.253. The molecule has 4 N–H and O–H groups in total. The Kier molecular flexibility index (Phi) is 8.53. The van der Waals surface area contributed by atoms with Crippen LogP contribution in [0.2, 0.25) is 0 Å². The summed E-state index contributed by atoms with van der Waals surface area (Å²) in [6.07, 6.45) is 1.13. The van der Waals surface area contributed by atoms with Crippen LogP contribution >= 0.6 is 0 Å². The Morgan fingerprint density at radius 2 is 1.69 bits per heavy atom. The van der Waals surface area contributed by atoms with Crippen molar-refractivity contribution in [2.75, 3.05) is 16.0 Å². The molecular formula is C34H34N6O5. The van der Waals surface area contributed by atoms with Crippen LogP contribution < -0.4 is 21.3 Å². The number of anilines is 3. The van der Waals surface area contributed by atoms with Crippen LogP contribution in [0, 0.1) is 6.92 Å². The van der Waals surface area contributed by atoms with Gasteiger partial charge >= 0.3 is 6.09 Å². The van der Waals surface area contributed by atoms with Gasteiger partial charge in [0.15, 0.2) is 5.78 Å². The average molecular weight is 607 g/mol. The highest BCUT2D eigenvalue weighted by molar-refractivity contribution is 6.32. The van der Waals surface area contributed by atoms with Gasteiger partial charge in [0.25, 0.3) is 11.8 Å². The van der Waals surface area contributed by atoms with Gasteiger partial charge in [-0.2, -0.15) is 5.10 Å². The number of hydrogen-bond donors (Lipinski definition) is 4. The Hall–Kier alpha value is -5.71. The lowest BCUT2D eigenvalue weighted by molar-refractivity contribution is -0.110. The summed E-state index contributed by atoms with van der Waals surface area (Å²) in [5, 5.41) is 15.7. The molecule has 1 aliphatic rings. The summed E-state index contributed by atoms with van der Waals surface area (Å²) >= 11 is 0. The maximum Gasteiger partial charge on any atom is 0.407 e. The molecule has 11 nitrogen and oxygen atoms in total. The predicted octanol–water partition coefficient (Wildman–Crippen LogP) is 5.64. The second-order valence-electron chi connectivity index (χ2n) is 11.6. The predicted molar refractivity (Wildman–Crippen MR) is 172 cm³/mol. The van der Waals surface area contributed by atoms with E-state index in [0.29, 0.717) is 45.9 Å². The van der Waals surface area contributed by atoms with Gasteiger partial charge in [-0.25, -0.2) is 4.79 Å². The van der Waals surface area contributed by atoms with Gasteiger partial charge in [0.1, 0.15) is 11.3 Å². The molecule has 0 saturated carbocycles. The minimum atomic E-state index is -0.569. The van der Waals surface area contributed by atoms with Crippen molar-refractivity contribution in [3.63, 3.8) is 0 Å². The Balaban J connectivity index is 1.23. The first-order valence-corrected chi connectivity index (χ1v) is 14.3. The van der Waals surface area contributed by atoms with Gasteiger partial charge in [0.2, 0.25) is 0 Å². The SMILES string of the molecule is Cc1cc(C(=O)Nc2cccc(C(=O)c3ccc4c(c3)NC(=O)/C4=C\Nc3ccc(CNC(=O)OC(C)(C)C)cc3)c2)n(C)n1. The quantitative estimate of drug-likeness (QED) is 0.150. The maximum atomic E-state index is 13.4. The van der Waals surface area contributed by atoms with E-state index in [1.54, 1.807) is 89.5 Å². The summed E-state index contributed by atoms with van der Waals surface area (Å²) in [5.41, 5.74) is 5.07. The number of nitrogens with one attached hydrogen (secondary N) is 4. The van der Waals surface area contributed by atoms with E-state index in [9.17, 15) is 19.2 Å². The number of aromatic nitrogens is 2. The van der Waals surface area contributed by atoms with Gasteiger partial charge in [-0.15, -0.1) is 0 Å². The summed E-state index contributed by atoms with van der Waals surface area (Å²) in [7, 11) is 1.69. The van der Waals surface area contributed by atoms with Crippen molar-refractivity contribution in [2.24, 2.45) is 7.05 Å². The summed E-state index contributed by atoms with van der Waals surface area (Å²) in [6, 6.07) is 20.8. The monoisotopic (exact) mass is 606 g/mol. The van der Waals surface area contributed by atoms with Crippen molar-refractivity contribution in [1.82, 2.24) is 15.1 Å². The van der Waals surface area contributed by atoms with Crippen LogP contribution in [0.3, 0.4) is 0 Å². The molecule has 230 valence electrons. The molecule has 2 heterocycles. The normalized spacial score (nSPS) is 13.2. The third-order valence-electron chi connectivity index (χ3n) is 6.85. The molecule has 4 aromatic rings. The van der Waals surface area contributed by atoms with Crippen molar-refractivity contribution >= 4 is 46.3 Å². The largest absolute Gasteiger partial charge is 0.444 e. The molecule has 11 heteroatoms. The molecule has 0 saturated heterocycles. The van der Waals surface area contributed by atoms with E-state index in [1.807, 2.05) is 24.3 Å². The first kappa shape index (κ1) is 30.7. The standard InChI is InChI=1S/C34H34N6O5/c1-20-15-29(40(5)39-20)32(43)37-25-8-6-7-22(16-25)30(41)23-11-14-26-27(31(42)38-28(26)17-23)19-35-24-12-9-21(10-13-24)18-36-33(44)45-34(2,3)4/h6-17,19,35H,18H2,1-5H3,(H,36,44)(H,37,43)(H,38,42)/b27-19-. The number of carbonyl (C=O) groups excluding carboxylic acids is 4. The third-order valence-corrected chi connectivity index (χ3v) is 6.85. The Morgan fingerprint density at radius 3 is 2.38 bits per heavy atom. The maximum absolute atomic E-state index is 13.4. The number of nitrogens with zero attached hydrogens (tertiary/aromatic N) is 2. The second kappa shape index (κ2) is 12.5. The molecule has 0 unspecified atom stereocenters. The lowest BCUT2D eigenvalue weighted by Crippen LogP contribution is -2.32. The molecule has 0 spiro atoms. The number of hydrogen-bond acceptors (Lipinski definition) is 7. The number of fused-ring (bicyclic) bond motifs is 1. The molecule has 5 rings (SSSR count). The Morgan fingerprint density at radius 1 is 0.956 bits per heavy atom. The van der Waals surface area contributed by atoms with Crippen LogP contribution in [-0.4, -0.2) is 39.1 Å². The fourth-order valence-electron chi connectivity index (χ4n) is 4.76. The third kappa shape index (κ3) is 7.45. The van der Waals surface area contributed by atoms with Crippen LogP contribution in [0.1, 0.15) is 64.0 Å². The summed E-state index contributed by atoms with van der Waals surface area (Å²) < 4.78 is 6.75. The average Bonchev–Trinajstić information content (AvgIpc) is 3.50. The first-order valence-electron chi connectivity index (χ1n) is 14.3. The fraction of sp³-hybridized carbons (Fsp3) is 0.206. The van der Waals surface area contributed by atoms with E-state index in [4.69, 9.17) is 4.74 Å². The Labute approximate surface area is 260 Å². The number of amides is 3. The number of aryl methyl sites for hydroxylation is 2. The van der Waals surface area contributed by atoms with Gasteiger partial charge in [-0.3, -0.25) is 19.1 Å².